The highest BCUT2D eigenvalue weighted by atomic mass is 32.2. The van der Waals surface area contributed by atoms with Crippen LogP contribution in [-0.2, 0) is 21.5 Å². The molecule has 19 heavy (non-hydrogen) atoms. The molecule has 0 spiro atoms. The number of rotatable bonds is 2. The number of halogens is 2. The van der Waals surface area contributed by atoms with Crippen molar-refractivity contribution in [1.29, 1.82) is 0 Å². The Morgan fingerprint density at radius 2 is 2.21 bits per heavy atom. The summed E-state index contributed by atoms with van der Waals surface area (Å²) in [6.07, 6.45) is -1.91. The molecular formula is C9H11F2N3O4S. The number of aromatic nitrogens is 2. The highest BCUT2D eigenvalue weighted by Crippen LogP contribution is 2.26. The van der Waals surface area contributed by atoms with Crippen LogP contribution in [0.2, 0.25) is 0 Å². The maximum Gasteiger partial charge on any atom is 0.365 e. The molecule has 1 aromatic heterocycles. The van der Waals surface area contributed by atoms with Gasteiger partial charge >= 0.3 is 10.3 Å². The summed E-state index contributed by atoms with van der Waals surface area (Å²) in [5, 5.41) is 3.46. The van der Waals surface area contributed by atoms with Crippen LogP contribution in [0.1, 0.15) is 29.4 Å². The molecule has 7 nitrogen and oxygen atoms in total. The molecule has 0 N–H and O–H groups in total. The summed E-state index contributed by atoms with van der Waals surface area (Å²) in [4.78, 5) is 12.1. The first-order valence-electron chi connectivity index (χ1n) is 5.29. The number of carbonyl (C=O) groups is 1. The summed E-state index contributed by atoms with van der Waals surface area (Å²) >= 11 is 0. The number of carbonyl (C=O) groups excluding carboxylic acids is 1. The van der Waals surface area contributed by atoms with Gasteiger partial charge < -0.3 is 0 Å². The van der Waals surface area contributed by atoms with Gasteiger partial charge in [0.05, 0.1) is 18.2 Å². The van der Waals surface area contributed by atoms with Crippen molar-refractivity contribution in [3.63, 3.8) is 0 Å². The molecule has 2 rings (SSSR count). The molecule has 1 amide bonds. The lowest BCUT2D eigenvalue weighted by Gasteiger charge is -2.16. The Kier molecular flexibility index (Phi) is 3.31. The molecule has 0 bridgehead atoms. The van der Waals surface area contributed by atoms with E-state index in [4.69, 9.17) is 0 Å². The Labute approximate surface area is 108 Å². The van der Waals surface area contributed by atoms with Crippen LogP contribution in [-0.4, -0.2) is 41.1 Å². The minimum absolute atomic E-state index is 0.196. The van der Waals surface area contributed by atoms with E-state index in [1.54, 1.807) is 0 Å². The fourth-order valence-corrected chi connectivity index (χ4v) is 3.07. The molecule has 1 aromatic rings. The smallest absolute Gasteiger partial charge is 0.275 e. The summed E-state index contributed by atoms with van der Waals surface area (Å²) in [5.41, 5.74) is -1.19. The van der Waals surface area contributed by atoms with Crippen molar-refractivity contribution in [2.24, 2.45) is 7.05 Å². The van der Waals surface area contributed by atoms with Crippen LogP contribution < -0.4 is 0 Å². The molecule has 1 aliphatic heterocycles. The molecule has 1 aliphatic rings. The van der Waals surface area contributed by atoms with Crippen LogP contribution in [0.25, 0.3) is 0 Å². The van der Waals surface area contributed by atoms with Crippen LogP contribution in [0.15, 0.2) is 6.20 Å². The zero-order valence-corrected chi connectivity index (χ0v) is 10.9. The van der Waals surface area contributed by atoms with Crippen molar-refractivity contribution in [3.8, 4) is 0 Å². The van der Waals surface area contributed by atoms with Gasteiger partial charge in [0.2, 0.25) is 0 Å². The highest BCUT2D eigenvalue weighted by Gasteiger charge is 2.42. The number of alkyl halides is 2. The van der Waals surface area contributed by atoms with Crippen LogP contribution in [0.5, 0.6) is 0 Å². The third-order valence-corrected chi connectivity index (χ3v) is 4.04. The van der Waals surface area contributed by atoms with E-state index in [0.717, 1.165) is 10.9 Å². The Bertz CT molecular complexity index is 613. The summed E-state index contributed by atoms with van der Waals surface area (Å²) in [6.45, 7) is 1.25. The largest absolute Gasteiger partial charge is 0.365 e. The Hall–Kier alpha value is -1.55. The average molecular weight is 295 g/mol. The van der Waals surface area contributed by atoms with E-state index in [2.05, 4.69) is 9.28 Å². The van der Waals surface area contributed by atoms with Crippen molar-refractivity contribution >= 4 is 16.2 Å². The molecule has 1 unspecified atom stereocenters. The predicted molar refractivity (Wildman–Crippen MR) is 58.7 cm³/mol. The zero-order chi connectivity index (χ0) is 14.4. The van der Waals surface area contributed by atoms with E-state index < -0.39 is 39.9 Å². The van der Waals surface area contributed by atoms with Gasteiger partial charge in [-0.1, -0.05) is 0 Å². The molecule has 1 saturated heterocycles. The van der Waals surface area contributed by atoms with E-state index in [-0.39, 0.29) is 6.61 Å². The van der Waals surface area contributed by atoms with Crippen LogP contribution in [0, 0.1) is 0 Å². The quantitative estimate of drug-likeness (QED) is 0.792. The number of aryl methyl sites for hydroxylation is 1. The summed E-state index contributed by atoms with van der Waals surface area (Å²) in [5.74, 6) is -1.06. The standard InChI is InChI=1S/C9H11F2N3O4S/c1-5-4-18-19(16,17)14(5)9(15)6-3-13(2)12-7(6)8(10)11/h3,5,8H,4H2,1-2H3. The van der Waals surface area contributed by atoms with Gasteiger partial charge in [-0.3, -0.25) is 13.7 Å². The van der Waals surface area contributed by atoms with E-state index >= 15 is 0 Å². The molecule has 0 saturated carbocycles. The molecule has 10 heteroatoms. The lowest BCUT2D eigenvalue weighted by atomic mass is 10.2. The Morgan fingerprint density at radius 1 is 1.58 bits per heavy atom. The predicted octanol–water partition coefficient (Wildman–Crippen LogP) is 0.463. The minimum atomic E-state index is -4.21. The normalized spacial score (nSPS) is 22.2. The molecular weight excluding hydrogens is 284 g/mol. The van der Waals surface area contributed by atoms with Crippen molar-refractivity contribution in [3.05, 3.63) is 17.5 Å². The van der Waals surface area contributed by atoms with Gasteiger partial charge in [-0.25, -0.2) is 13.1 Å². The number of hydrogen-bond donors (Lipinski definition) is 0. The van der Waals surface area contributed by atoms with Crippen LogP contribution >= 0.6 is 0 Å². The van der Waals surface area contributed by atoms with Crippen molar-refractivity contribution in [2.75, 3.05) is 6.61 Å². The zero-order valence-electron chi connectivity index (χ0n) is 10.1. The van der Waals surface area contributed by atoms with Crippen molar-refractivity contribution in [2.45, 2.75) is 19.4 Å². The van der Waals surface area contributed by atoms with E-state index in [9.17, 15) is 22.0 Å². The van der Waals surface area contributed by atoms with E-state index in [1.165, 1.54) is 14.0 Å². The van der Waals surface area contributed by atoms with Gasteiger partial charge in [-0.15, -0.1) is 0 Å². The maximum atomic E-state index is 12.8. The highest BCUT2D eigenvalue weighted by molar-refractivity contribution is 7.85. The van der Waals surface area contributed by atoms with Gasteiger partial charge in [-0.2, -0.15) is 13.5 Å². The summed E-state index contributed by atoms with van der Waals surface area (Å²) in [7, 11) is -2.85. The summed E-state index contributed by atoms with van der Waals surface area (Å²) in [6, 6.07) is -0.747. The number of hydrogen-bond acceptors (Lipinski definition) is 5. The van der Waals surface area contributed by atoms with Crippen molar-refractivity contribution < 1.29 is 26.2 Å². The van der Waals surface area contributed by atoms with Gasteiger partial charge in [0.1, 0.15) is 5.69 Å². The second-order valence-corrected chi connectivity index (χ2v) is 5.58. The minimum Gasteiger partial charge on any atom is -0.275 e. The van der Waals surface area contributed by atoms with Gasteiger partial charge in [0.15, 0.2) is 0 Å². The fourth-order valence-electron chi connectivity index (χ4n) is 1.78. The number of nitrogens with zero attached hydrogens (tertiary/aromatic N) is 3. The molecule has 1 fully saturated rings. The van der Waals surface area contributed by atoms with Crippen LogP contribution in [0.4, 0.5) is 8.78 Å². The Morgan fingerprint density at radius 3 is 2.68 bits per heavy atom. The van der Waals surface area contributed by atoms with Gasteiger partial charge in [0, 0.05) is 13.2 Å². The molecule has 0 radical (unpaired) electrons. The van der Waals surface area contributed by atoms with Crippen LogP contribution in [0.3, 0.4) is 0 Å². The fraction of sp³-hybridized carbons (Fsp3) is 0.556. The van der Waals surface area contributed by atoms with Crippen molar-refractivity contribution in [1.82, 2.24) is 14.1 Å². The SMILES string of the molecule is CC1COS(=O)(=O)N1C(=O)c1cn(C)nc1C(F)F. The third kappa shape index (κ3) is 2.32. The topological polar surface area (TPSA) is 81.5 Å². The Balaban J connectivity index is 2.45. The lowest BCUT2D eigenvalue weighted by Crippen LogP contribution is -2.38. The monoisotopic (exact) mass is 295 g/mol. The molecule has 106 valence electrons. The molecule has 1 atom stereocenters. The molecule has 0 aliphatic carbocycles. The third-order valence-electron chi connectivity index (χ3n) is 2.59. The second-order valence-electron chi connectivity index (χ2n) is 4.09. The van der Waals surface area contributed by atoms with E-state index in [1.807, 2.05) is 0 Å². The molecule has 2 heterocycles. The second kappa shape index (κ2) is 4.53. The number of amides is 1. The average Bonchev–Trinajstić information content (AvgIpc) is 2.79. The first-order valence-corrected chi connectivity index (χ1v) is 6.65. The van der Waals surface area contributed by atoms with E-state index in [0.29, 0.717) is 4.31 Å². The lowest BCUT2D eigenvalue weighted by molar-refractivity contribution is 0.0829. The maximum absolute atomic E-state index is 12.8. The molecule has 0 aromatic carbocycles. The summed E-state index contributed by atoms with van der Waals surface area (Å²) < 4.78 is 54.5. The first kappa shape index (κ1) is 13.9. The first-order chi connectivity index (χ1) is 8.74. The van der Waals surface area contributed by atoms with Gasteiger partial charge in [0.25, 0.3) is 12.3 Å². The van der Waals surface area contributed by atoms with Gasteiger partial charge in [-0.05, 0) is 6.92 Å².